The van der Waals surface area contributed by atoms with Gasteiger partial charge >= 0.3 is 0 Å². The maximum absolute atomic E-state index is 13.5. The predicted molar refractivity (Wildman–Crippen MR) is 65.3 cm³/mol. The number of nitrogens with zero attached hydrogens (tertiary/aromatic N) is 1. The van der Waals surface area contributed by atoms with Gasteiger partial charge in [0.05, 0.1) is 5.52 Å². The van der Waals surface area contributed by atoms with E-state index in [1.807, 2.05) is 0 Å². The van der Waals surface area contributed by atoms with E-state index in [2.05, 4.69) is 15.3 Å². The molecule has 3 nitrogen and oxygen atoms in total. The van der Waals surface area contributed by atoms with Crippen LogP contribution in [0.4, 0.5) is 8.78 Å². The zero-order valence-corrected chi connectivity index (χ0v) is 9.97. The predicted octanol–water partition coefficient (Wildman–Crippen LogP) is 2.38. The molecule has 0 radical (unpaired) electrons. The molecule has 1 aromatic carbocycles. The summed E-state index contributed by atoms with van der Waals surface area (Å²) in [5, 5.41) is 3.30. The summed E-state index contributed by atoms with van der Waals surface area (Å²) in [6, 6.07) is 2.16. The summed E-state index contributed by atoms with van der Waals surface area (Å²) in [5.41, 5.74) is 0.678. The molecule has 0 amide bonds. The first kappa shape index (κ1) is 11.6. The van der Waals surface area contributed by atoms with E-state index in [1.54, 1.807) is 0 Å². The second-order valence-corrected chi connectivity index (χ2v) is 4.86. The smallest absolute Gasteiger partial charge is 0.153 e. The summed E-state index contributed by atoms with van der Waals surface area (Å²) >= 11 is 0. The maximum Gasteiger partial charge on any atom is 0.153 e. The number of hydrogen-bond acceptors (Lipinski definition) is 2. The number of halogens is 2. The zero-order valence-electron chi connectivity index (χ0n) is 9.97. The van der Waals surface area contributed by atoms with Crippen LogP contribution in [0, 0.1) is 17.6 Å². The number of fused-ring (bicyclic) bond motifs is 1. The van der Waals surface area contributed by atoms with Gasteiger partial charge in [0.25, 0.3) is 0 Å². The van der Waals surface area contributed by atoms with Crippen LogP contribution in [0.15, 0.2) is 12.1 Å². The average Bonchev–Trinajstić information content (AvgIpc) is 2.73. The lowest BCUT2D eigenvalue weighted by Gasteiger charge is -2.21. The fraction of sp³-hybridized carbons (Fsp3) is 0.462. The fourth-order valence-electron chi connectivity index (χ4n) is 2.55. The lowest BCUT2D eigenvalue weighted by atomic mass is 9.94. The van der Waals surface area contributed by atoms with E-state index in [-0.39, 0.29) is 5.52 Å². The highest BCUT2D eigenvalue weighted by molar-refractivity contribution is 5.75. The van der Waals surface area contributed by atoms with Gasteiger partial charge in [-0.15, -0.1) is 0 Å². The third kappa shape index (κ3) is 2.22. The van der Waals surface area contributed by atoms with Gasteiger partial charge in [-0.05, 0) is 37.9 Å². The van der Waals surface area contributed by atoms with Crippen molar-refractivity contribution in [2.24, 2.45) is 5.92 Å². The van der Waals surface area contributed by atoms with E-state index in [1.165, 1.54) is 6.07 Å². The van der Waals surface area contributed by atoms with Crippen LogP contribution >= 0.6 is 0 Å². The molecular weight excluding hydrogens is 236 g/mol. The normalized spacial score (nSPS) is 17.4. The summed E-state index contributed by atoms with van der Waals surface area (Å²) in [5.74, 6) is 0.149. The molecule has 0 saturated carbocycles. The van der Waals surface area contributed by atoms with Crippen LogP contribution in [-0.2, 0) is 6.42 Å². The average molecular weight is 251 g/mol. The Hall–Kier alpha value is -1.49. The number of hydrogen-bond donors (Lipinski definition) is 2. The number of rotatable bonds is 2. The molecule has 1 aliphatic rings. The molecule has 5 heteroatoms. The standard InChI is InChI=1S/C13H15F2N3/c14-9-6-10(15)13-11(7-9)17-12(18-13)5-8-1-3-16-4-2-8/h6-8,16H,1-5H2,(H,17,18). The molecule has 18 heavy (non-hydrogen) atoms. The minimum Gasteiger partial charge on any atom is -0.342 e. The summed E-state index contributed by atoms with van der Waals surface area (Å²) < 4.78 is 26.6. The lowest BCUT2D eigenvalue weighted by molar-refractivity contribution is 0.368. The molecule has 1 aliphatic heterocycles. The SMILES string of the molecule is Fc1cc(F)c2nc(CC3CCNCC3)[nH]c2c1. The number of aromatic amines is 1. The number of piperidine rings is 1. The van der Waals surface area contributed by atoms with Gasteiger partial charge in [0.2, 0.25) is 0 Å². The number of aromatic nitrogens is 2. The molecule has 0 atom stereocenters. The fourth-order valence-corrected chi connectivity index (χ4v) is 2.55. The zero-order chi connectivity index (χ0) is 12.5. The number of H-pyrrole nitrogens is 1. The van der Waals surface area contributed by atoms with Crippen LogP contribution in [0.3, 0.4) is 0 Å². The highest BCUT2D eigenvalue weighted by atomic mass is 19.1. The first-order valence-electron chi connectivity index (χ1n) is 6.27. The Morgan fingerprint density at radius 2 is 2.00 bits per heavy atom. The molecule has 2 heterocycles. The van der Waals surface area contributed by atoms with Crippen molar-refractivity contribution in [3.05, 3.63) is 29.6 Å². The molecule has 2 aromatic rings. The van der Waals surface area contributed by atoms with Crippen molar-refractivity contribution in [2.75, 3.05) is 13.1 Å². The molecule has 3 rings (SSSR count). The van der Waals surface area contributed by atoms with E-state index in [4.69, 9.17) is 0 Å². The van der Waals surface area contributed by atoms with Gasteiger partial charge in [-0.25, -0.2) is 13.8 Å². The molecule has 0 aliphatic carbocycles. The van der Waals surface area contributed by atoms with E-state index >= 15 is 0 Å². The Labute approximate surface area is 104 Å². The number of benzene rings is 1. The van der Waals surface area contributed by atoms with E-state index in [0.717, 1.165) is 44.2 Å². The lowest BCUT2D eigenvalue weighted by Crippen LogP contribution is -2.28. The van der Waals surface area contributed by atoms with Crippen molar-refractivity contribution in [1.29, 1.82) is 0 Å². The van der Waals surface area contributed by atoms with E-state index in [9.17, 15) is 8.78 Å². The Kier molecular flexibility index (Phi) is 2.99. The van der Waals surface area contributed by atoms with Gasteiger partial charge in [-0.1, -0.05) is 0 Å². The highest BCUT2D eigenvalue weighted by Crippen LogP contribution is 2.21. The molecule has 0 bridgehead atoms. The van der Waals surface area contributed by atoms with E-state index in [0.29, 0.717) is 11.4 Å². The second-order valence-electron chi connectivity index (χ2n) is 4.86. The first-order valence-corrected chi connectivity index (χ1v) is 6.27. The topological polar surface area (TPSA) is 40.7 Å². The number of imidazole rings is 1. The van der Waals surface area contributed by atoms with Crippen LogP contribution in [0.1, 0.15) is 18.7 Å². The van der Waals surface area contributed by atoms with Gasteiger partial charge < -0.3 is 10.3 Å². The van der Waals surface area contributed by atoms with Crippen LogP contribution in [0.25, 0.3) is 11.0 Å². The van der Waals surface area contributed by atoms with Gasteiger partial charge in [0.1, 0.15) is 17.2 Å². The Morgan fingerprint density at radius 1 is 1.22 bits per heavy atom. The summed E-state index contributed by atoms with van der Waals surface area (Å²) in [6.45, 7) is 2.04. The first-order chi connectivity index (χ1) is 8.72. The minimum absolute atomic E-state index is 0.236. The maximum atomic E-state index is 13.5. The third-order valence-electron chi connectivity index (χ3n) is 3.49. The largest absolute Gasteiger partial charge is 0.342 e. The summed E-state index contributed by atoms with van der Waals surface area (Å²) in [7, 11) is 0. The highest BCUT2D eigenvalue weighted by Gasteiger charge is 2.16. The molecule has 96 valence electrons. The van der Waals surface area contributed by atoms with Gasteiger partial charge in [0.15, 0.2) is 5.82 Å². The van der Waals surface area contributed by atoms with Gasteiger partial charge in [0, 0.05) is 12.5 Å². The molecule has 2 N–H and O–H groups in total. The third-order valence-corrected chi connectivity index (χ3v) is 3.49. The second kappa shape index (κ2) is 4.65. The molecule has 0 spiro atoms. The molecular formula is C13H15F2N3. The monoisotopic (exact) mass is 251 g/mol. The Morgan fingerprint density at radius 3 is 2.78 bits per heavy atom. The molecule has 1 fully saturated rings. The molecule has 0 unspecified atom stereocenters. The van der Waals surface area contributed by atoms with Crippen molar-refractivity contribution in [2.45, 2.75) is 19.3 Å². The Balaban J connectivity index is 1.86. The van der Waals surface area contributed by atoms with Crippen molar-refractivity contribution in [3.63, 3.8) is 0 Å². The Bertz CT molecular complexity index is 559. The van der Waals surface area contributed by atoms with E-state index < -0.39 is 11.6 Å². The van der Waals surface area contributed by atoms with Crippen molar-refractivity contribution >= 4 is 11.0 Å². The van der Waals surface area contributed by atoms with Gasteiger partial charge in [-0.3, -0.25) is 0 Å². The molecule has 1 aromatic heterocycles. The van der Waals surface area contributed by atoms with Crippen molar-refractivity contribution in [3.8, 4) is 0 Å². The minimum atomic E-state index is -0.599. The molecule has 1 saturated heterocycles. The van der Waals surface area contributed by atoms with Crippen LogP contribution < -0.4 is 5.32 Å². The summed E-state index contributed by atoms with van der Waals surface area (Å²) in [6.07, 6.45) is 3.01. The number of nitrogens with one attached hydrogen (secondary N) is 2. The quantitative estimate of drug-likeness (QED) is 0.860. The van der Waals surface area contributed by atoms with Crippen LogP contribution in [0.5, 0.6) is 0 Å². The van der Waals surface area contributed by atoms with Crippen molar-refractivity contribution in [1.82, 2.24) is 15.3 Å². The summed E-state index contributed by atoms with van der Waals surface area (Å²) in [4.78, 5) is 7.24. The van der Waals surface area contributed by atoms with Crippen LogP contribution in [-0.4, -0.2) is 23.1 Å². The van der Waals surface area contributed by atoms with Crippen LogP contribution in [0.2, 0.25) is 0 Å². The van der Waals surface area contributed by atoms with Gasteiger partial charge in [-0.2, -0.15) is 0 Å². The van der Waals surface area contributed by atoms with Crippen molar-refractivity contribution < 1.29 is 8.78 Å².